The number of aromatic nitrogens is 1. The summed E-state index contributed by atoms with van der Waals surface area (Å²) in [5, 5.41) is 10.0. The van der Waals surface area contributed by atoms with Gasteiger partial charge in [-0.3, -0.25) is 4.98 Å². The maximum atomic E-state index is 12.4. The normalized spacial score (nSPS) is 8.83. The first kappa shape index (κ1) is 11.1. The van der Waals surface area contributed by atoms with Crippen molar-refractivity contribution in [3.63, 3.8) is 0 Å². The van der Waals surface area contributed by atoms with E-state index in [1.165, 1.54) is 0 Å². The van der Waals surface area contributed by atoms with Crippen molar-refractivity contribution in [2.45, 2.75) is 0 Å². The zero-order chi connectivity index (χ0) is 8.43. The molecule has 0 saturated heterocycles. The van der Waals surface area contributed by atoms with E-state index in [1.807, 2.05) is 0 Å². The van der Waals surface area contributed by atoms with Gasteiger partial charge in [-0.2, -0.15) is 0 Å². The fourth-order valence-electron chi connectivity index (χ4n) is 0.562. The number of carbonyl (C=O) groups excluding carboxylic acids is 1. The summed E-state index contributed by atoms with van der Waals surface area (Å²) in [6, 6.07) is 0. The number of hydrogen-bond donors (Lipinski definition) is 0. The zero-order valence-corrected chi connectivity index (χ0v) is 6.17. The third-order valence-corrected chi connectivity index (χ3v) is 1.06. The summed E-state index contributed by atoms with van der Waals surface area (Å²) >= 11 is 0. The molecule has 1 rings (SSSR count). The SMILES string of the molecule is O=C([O-])c1cncc(F)c1F.[Li+]. The van der Waals surface area contributed by atoms with Crippen molar-refractivity contribution < 1.29 is 37.5 Å². The predicted octanol–water partition coefficient (Wildman–Crippen LogP) is -3.27. The van der Waals surface area contributed by atoms with Crippen molar-refractivity contribution in [3.8, 4) is 0 Å². The second-order valence-corrected chi connectivity index (χ2v) is 1.77. The van der Waals surface area contributed by atoms with Gasteiger partial charge in [0.05, 0.1) is 17.7 Å². The maximum Gasteiger partial charge on any atom is 1.00 e. The van der Waals surface area contributed by atoms with Crippen molar-refractivity contribution in [3.05, 3.63) is 29.6 Å². The van der Waals surface area contributed by atoms with Gasteiger partial charge in [0.15, 0.2) is 11.6 Å². The molecule has 0 aliphatic carbocycles. The molecule has 0 atom stereocenters. The maximum absolute atomic E-state index is 12.4. The molecule has 0 aliphatic heterocycles. The molecule has 0 fully saturated rings. The summed E-state index contributed by atoms with van der Waals surface area (Å²) in [7, 11) is 0. The minimum atomic E-state index is -1.78. The largest absolute Gasteiger partial charge is 1.00 e. The average molecular weight is 165 g/mol. The Morgan fingerprint density at radius 1 is 1.42 bits per heavy atom. The predicted molar refractivity (Wildman–Crippen MR) is 28.5 cm³/mol. The number of pyridine rings is 1. The van der Waals surface area contributed by atoms with Gasteiger partial charge in [-0.05, 0) is 0 Å². The van der Waals surface area contributed by atoms with Gasteiger partial charge in [0, 0.05) is 6.20 Å². The molecule has 3 nitrogen and oxygen atoms in total. The van der Waals surface area contributed by atoms with Crippen molar-refractivity contribution in [2.24, 2.45) is 0 Å². The van der Waals surface area contributed by atoms with Gasteiger partial charge in [-0.25, -0.2) is 8.78 Å². The van der Waals surface area contributed by atoms with Crippen molar-refractivity contribution >= 4 is 5.97 Å². The van der Waals surface area contributed by atoms with Crippen LogP contribution in [0.5, 0.6) is 0 Å². The topological polar surface area (TPSA) is 53.0 Å². The quantitative estimate of drug-likeness (QED) is 0.410. The van der Waals surface area contributed by atoms with Gasteiger partial charge in [0.1, 0.15) is 0 Å². The summed E-state index contributed by atoms with van der Waals surface area (Å²) < 4.78 is 24.6. The van der Waals surface area contributed by atoms with Gasteiger partial charge < -0.3 is 9.90 Å². The Bertz CT molecular complexity index is 306. The molecular weight excluding hydrogens is 163 g/mol. The second-order valence-electron chi connectivity index (χ2n) is 1.77. The third-order valence-electron chi connectivity index (χ3n) is 1.06. The van der Waals surface area contributed by atoms with Crippen molar-refractivity contribution in [1.82, 2.24) is 4.98 Å². The Morgan fingerprint density at radius 2 is 2.00 bits per heavy atom. The summed E-state index contributed by atoms with van der Waals surface area (Å²) in [4.78, 5) is 13.1. The molecular formula is C6H2F2LiNO2. The Morgan fingerprint density at radius 3 is 2.42 bits per heavy atom. The molecule has 12 heavy (non-hydrogen) atoms. The Balaban J connectivity index is 0.00000121. The molecule has 1 aromatic rings. The fraction of sp³-hybridized carbons (Fsp3) is 0. The molecule has 0 aromatic carbocycles. The van der Waals surface area contributed by atoms with E-state index in [0.717, 1.165) is 0 Å². The van der Waals surface area contributed by atoms with E-state index in [9.17, 15) is 18.7 Å². The smallest absolute Gasteiger partial charge is 0.545 e. The molecule has 1 aromatic heterocycles. The van der Waals surface area contributed by atoms with Crippen molar-refractivity contribution in [1.29, 1.82) is 0 Å². The molecule has 58 valence electrons. The zero-order valence-electron chi connectivity index (χ0n) is 6.17. The van der Waals surface area contributed by atoms with E-state index >= 15 is 0 Å². The number of nitrogens with zero attached hydrogens (tertiary/aromatic N) is 1. The van der Waals surface area contributed by atoms with Crippen LogP contribution >= 0.6 is 0 Å². The molecule has 0 amide bonds. The van der Waals surface area contributed by atoms with E-state index in [0.29, 0.717) is 12.4 Å². The van der Waals surface area contributed by atoms with Crippen LogP contribution in [0.25, 0.3) is 0 Å². The average Bonchev–Trinajstić information content (AvgIpc) is 1.94. The molecule has 0 spiro atoms. The number of carboxylic acids is 1. The molecule has 1 heterocycles. The molecule has 0 saturated carbocycles. The number of halogens is 2. The number of rotatable bonds is 1. The van der Waals surface area contributed by atoms with Gasteiger partial charge >= 0.3 is 18.9 Å². The summed E-state index contributed by atoms with van der Waals surface area (Å²) in [6.45, 7) is 0. The van der Waals surface area contributed by atoms with Gasteiger partial charge in [0.2, 0.25) is 0 Å². The van der Waals surface area contributed by atoms with Crippen LogP contribution in [-0.4, -0.2) is 11.0 Å². The Labute approximate surface area is 78.6 Å². The molecule has 0 bridgehead atoms. The summed E-state index contributed by atoms with van der Waals surface area (Å²) in [6.07, 6.45) is 1.27. The molecule has 0 unspecified atom stereocenters. The molecule has 0 aliphatic rings. The monoisotopic (exact) mass is 165 g/mol. The van der Waals surface area contributed by atoms with Crippen LogP contribution < -0.4 is 24.0 Å². The minimum Gasteiger partial charge on any atom is -0.545 e. The number of aromatic carboxylic acids is 1. The van der Waals surface area contributed by atoms with E-state index in [1.54, 1.807) is 0 Å². The third kappa shape index (κ3) is 2.03. The van der Waals surface area contributed by atoms with Gasteiger partial charge in [0.25, 0.3) is 0 Å². The van der Waals surface area contributed by atoms with Crippen LogP contribution in [0.3, 0.4) is 0 Å². The van der Waals surface area contributed by atoms with E-state index < -0.39 is 23.2 Å². The first-order chi connectivity index (χ1) is 5.13. The molecule has 6 heteroatoms. The van der Waals surface area contributed by atoms with Gasteiger partial charge in [-0.15, -0.1) is 0 Å². The van der Waals surface area contributed by atoms with Crippen molar-refractivity contribution in [2.75, 3.05) is 0 Å². The summed E-state index contributed by atoms with van der Waals surface area (Å²) in [5.41, 5.74) is -0.870. The second kappa shape index (κ2) is 4.19. The molecule has 0 radical (unpaired) electrons. The Hall–Kier alpha value is -0.923. The van der Waals surface area contributed by atoms with Gasteiger partial charge in [-0.1, -0.05) is 0 Å². The van der Waals surface area contributed by atoms with Crippen LogP contribution in [0.4, 0.5) is 8.78 Å². The first-order valence-electron chi connectivity index (χ1n) is 2.63. The fourth-order valence-corrected chi connectivity index (χ4v) is 0.562. The summed E-state index contributed by atoms with van der Waals surface area (Å²) in [5.74, 6) is -4.53. The van der Waals surface area contributed by atoms with E-state index in [4.69, 9.17) is 0 Å². The minimum absolute atomic E-state index is 0. The number of carbonyl (C=O) groups is 1. The number of hydrogen-bond acceptors (Lipinski definition) is 3. The van der Waals surface area contributed by atoms with Crippen LogP contribution in [0, 0.1) is 11.6 Å². The van der Waals surface area contributed by atoms with E-state index in [-0.39, 0.29) is 18.9 Å². The van der Waals surface area contributed by atoms with E-state index in [2.05, 4.69) is 4.98 Å². The molecule has 0 N–H and O–H groups in total. The first-order valence-corrected chi connectivity index (χ1v) is 2.63. The number of carboxylic acid groups (broad SMARTS) is 1. The Kier molecular flexibility index (Phi) is 3.87. The van der Waals surface area contributed by atoms with Crippen LogP contribution in [0.2, 0.25) is 0 Å². The standard InChI is InChI=1S/C6H3F2NO2.Li/c7-4-2-9-1-3(5(4)8)6(10)11;/h1-2H,(H,10,11);/q;+1/p-1. The van der Waals surface area contributed by atoms with Crippen LogP contribution in [-0.2, 0) is 0 Å². The van der Waals surface area contributed by atoms with Crippen LogP contribution in [0.1, 0.15) is 10.4 Å². The van der Waals surface area contributed by atoms with Crippen LogP contribution in [0.15, 0.2) is 12.4 Å².